The zero-order valence-corrected chi connectivity index (χ0v) is 9.90. The lowest BCUT2D eigenvalue weighted by molar-refractivity contribution is 0.890. The number of thioether (sulfide) groups is 1. The Morgan fingerprint density at radius 2 is 2.27 bits per heavy atom. The Balaban J connectivity index is 2.04. The first kappa shape index (κ1) is 9.43. The molecule has 0 bridgehead atoms. The average Bonchev–Trinajstić information content (AvgIpc) is 2.82. The van der Waals surface area contributed by atoms with Crippen LogP contribution >= 0.6 is 23.1 Å². The summed E-state index contributed by atoms with van der Waals surface area (Å²) in [5, 5.41) is 3.16. The second-order valence-electron chi connectivity index (χ2n) is 3.61. The number of fused-ring (bicyclic) bond motifs is 1. The highest BCUT2D eigenvalue weighted by Gasteiger charge is 2.11. The maximum atomic E-state index is 4.35. The molecule has 0 saturated heterocycles. The number of aromatic nitrogens is 1. The molecule has 15 heavy (non-hydrogen) atoms. The van der Waals surface area contributed by atoms with Crippen LogP contribution < -0.4 is 0 Å². The van der Waals surface area contributed by atoms with Gasteiger partial charge >= 0.3 is 0 Å². The second kappa shape index (κ2) is 3.99. The highest BCUT2D eigenvalue weighted by molar-refractivity contribution is 7.99. The van der Waals surface area contributed by atoms with Crippen LogP contribution in [0.25, 0.3) is 10.6 Å². The van der Waals surface area contributed by atoms with Gasteiger partial charge in [0.25, 0.3) is 0 Å². The van der Waals surface area contributed by atoms with Crippen LogP contribution in [0, 0.1) is 0 Å². The largest absolute Gasteiger partial charge is 0.245 e. The molecule has 0 aliphatic carbocycles. The summed E-state index contributed by atoms with van der Waals surface area (Å²) in [6, 6.07) is 6.74. The van der Waals surface area contributed by atoms with E-state index in [1.54, 1.807) is 11.3 Å². The van der Waals surface area contributed by atoms with E-state index in [0.29, 0.717) is 0 Å². The van der Waals surface area contributed by atoms with Crippen molar-refractivity contribution in [3.63, 3.8) is 0 Å². The molecule has 0 spiro atoms. The van der Waals surface area contributed by atoms with E-state index < -0.39 is 0 Å². The molecule has 0 atom stereocenters. The summed E-state index contributed by atoms with van der Waals surface area (Å²) in [6.07, 6.45) is 4.40. The number of benzene rings is 1. The van der Waals surface area contributed by atoms with Crippen LogP contribution in [0.4, 0.5) is 0 Å². The summed E-state index contributed by atoms with van der Waals surface area (Å²) < 4.78 is 0. The second-order valence-corrected chi connectivity index (χ2v) is 5.64. The minimum absolute atomic E-state index is 1.13. The number of hydrogen-bond acceptors (Lipinski definition) is 3. The third-order valence-corrected chi connectivity index (χ3v) is 4.61. The molecule has 1 aromatic heterocycles. The van der Waals surface area contributed by atoms with Crippen molar-refractivity contribution in [2.24, 2.45) is 0 Å². The number of nitrogens with zero attached hydrogens (tertiary/aromatic N) is 1. The van der Waals surface area contributed by atoms with Gasteiger partial charge in [-0.25, -0.2) is 4.98 Å². The van der Waals surface area contributed by atoms with Crippen molar-refractivity contribution < 1.29 is 0 Å². The lowest BCUT2D eigenvalue weighted by Crippen LogP contribution is -1.98. The van der Waals surface area contributed by atoms with Crippen molar-refractivity contribution in [1.82, 2.24) is 4.98 Å². The van der Waals surface area contributed by atoms with Crippen molar-refractivity contribution in [3.05, 3.63) is 35.3 Å². The lowest BCUT2D eigenvalue weighted by atomic mass is 10.1. The van der Waals surface area contributed by atoms with Crippen LogP contribution in [0.3, 0.4) is 0 Å². The van der Waals surface area contributed by atoms with Crippen molar-refractivity contribution >= 4 is 23.1 Å². The van der Waals surface area contributed by atoms with Gasteiger partial charge in [-0.15, -0.1) is 23.1 Å². The van der Waals surface area contributed by atoms with Crippen molar-refractivity contribution in [3.8, 4) is 10.6 Å². The van der Waals surface area contributed by atoms with E-state index in [1.165, 1.54) is 34.6 Å². The van der Waals surface area contributed by atoms with E-state index in [1.807, 2.05) is 23.3 Å². The highest BCUT2D eigenvalue weighted by Crippen LogP contribution is 2.33. The number of aryl methyl sites for hydroxylation is 1. The summed E-state index contributed by atoms with van der Waals surface area (Å²) in [7, 11) is 0. The number of rotatable bonds is 1. The molecular formula is C12H11NS2. The van der Waals surface area contributed by atoms with Crippen molar-refractivity contribution in [2.45, 2.75) is 17.7 Å². The van der Waals surface area contributed by atoms with Crippen LogP contribution in [0.1, 0.15) is 12.0 Å². The van der Waals surface area contributed by atoms with E-state index >= 15 is 0 Å². The van der Waals surface area contributed by atoms with Crippen LogP contribution in [0.15, 0.2) is 34.7 Å². The standard InChI is InChI=1S/C12H11NS2/c1-2-9-8-10(12-13-5-7-15-12)3-4-11(9)14-6-1/h3-5,7-8H,1-2,6H2. The molecule has 1 aliphatic heterocycles. The molecule has 0 fully saturated rings. The number of thiazole rings is 1. The highest BCUT2D eigenvalue weighted by atomic mass is 32.2. The third-order valence-electron chi connectivity index (χ3n) is 2.59. The molecule has 3 heteroatoms. The Morgan fingerprint density at radius 3 is 3.13 bits per heavy atom. The van der Waals surface area contributed by atoms with Crippen LogP contribution in [-0.2, 0) is 6.42 Å². The monoisotopic (exact) mass is 233 g/mol. The Hall–Kier alpha value is -0.800. The predicted octanol–water partition coefficient (Wildman–Crippen LogP) is 3.85. The van der Waals surface area contributed by atoms with E-state index in [9.17, 15) is 0 Å². The topological polar surface area (TPSA) is 12.9 Å². The van der Waals surface area contributed by atoms with Gasteiger partial charge in [0.2, 0.25) is 0 Å². The van der Waals surface area contributed by atoms with Gasteiger partial charge in [0.1, 0.15) is 5.01 Å². The molecule has 2 aromatic rings. The smallest absolute Gasteiger partial charge is 0.123 e. The SMILES string of the molecule is c1csc(-c2ccc3c(c2)CCCS3)n1. The van der Waals surface area contributed by atoms with Crippen molar-refractivity contribution in [1.29, 1.82) is 0 Å². The lowest BCUT2D eigenvalue weighted by Gasteiger charge is -2.15. The predicted molar refractivity (Wildman–Crippen MR) is 66.6 cm³/mol. The van der Waals surface area contributed by atoms with Gasteiger partial charge in [-0.05, 0) is 36.3 Å². The average molecular weight is 233 g/mol. The first-order valence-electron chi connectivity index (χ1n) is 5.09. The molecule has 0 saturated carbocycles. The fourth-order valence-corrected chi connectivity index (χ4v) is 3.51. The summed E-state index contributed by atoms with van der Waals surface area (Å²) >= 11 is 3.69. The van der Waals surface area contributed by atoms with Crippen molar-refractivity contribution in [2.75, 3.05) is 5.75 Å². The first-order valence-corrected chi connectivity index (χ1v) is 6.95. The Morgan fingerprint density at radius 1 is 1.27 bits per heavy atom. The van der Waals surface area contributed by atoms with Gasteiger partial charge in [-0.1, -0.05) is 6.07 Å². The Kier molecular flexibility index (Phi) is 2.51. The summed E-state index contributed by atoms with van der Waals surface area (Å²) in [5.74, 6) is 1.27. The molecule has 2 heterocycles. The molecule has 0 radical (unpaired) electrons. The fraction of sp³-hybridized carbons (Fsp3) is 0.250. The quantitative estimate of drug-likeness (QED) is 0.742. The van der Waals surface area contributed by atoms with Gasteiger partial charge in [0.15, 0.2) is 0 Å². The zero-order valence-electron chi connectivity index (χ0n) is 8.27. The Labute approximate surface area is 97.6 Å². The van der Waals surface area contributed by atoms with Crippen LogP contribution in [0.2, 0.25) is 0 Å². The van der Waals surface area contributed by atoms with Gasteiger partial charge in [-0.2, -0.15) is 0 Å². The molecule has 76 valence electrons. The first-order chi connectivity index (χ1) is 7.43. The maximum absolute atomic E-state index is 4.35. The van der Waals surface area contributed by atoms with Crippen LogP contribution in [-0.4, -0.2) is 10.7 Å². The van der Waals surface area contributed by atoms with Gasteiger partial charge in [-0.3, -0.25) is 0 Å². The summed E-state index contributed by atoms with van der Waals surface area (Å²) in [6.45, 7) is 0. The maximum Gasteiger partial charge on any atom is 0.123 e. The summed E-state index contributed by atoms with van der Waals surface area (Å²) in [5.41, 5.74) is 2.77. The molecule has 0 unspecified atom stereocenters. The molecule has 1 aliphatic rings. The molecule has 0 N–H and O–H groups in total. The third kappa shape index (κ3) is 1.82. The zero-order chi connectivity index (χ0) is 10.1. The van der Waals surface area contributed by atoms with Gasteiger partial charge in [0, 0.05) is 22.0 Å². The Bertz CT molecular complexity index is 462. The van der Waals surface area contributed by atoms with Gasteiger partial charge < -0.3 is 0 Å². The molecular weight excluding hydrogens is 222 g/mol. The molecule has 1 nitrogen and oxygen atoms in total. The summed E-state index contributed by atoms with van der Waals surface area (Å²) in [4.78, 5) is 5.81. The fourth-order valence-electron chi connectivity index (χ4n) is 1.86. The number of hydrogen-bond donors (Lipinski definition) is 0. The van der Waals surface area contributed by atoms with Crippen LogP contribution in [0.5, 0.6) is 0 Å². The van der Waals surface area contributed by atoms with E-state index in [0.717, 1.165) is 5.01 Å². The molecule has 0 amide bonds. The molecule has 3 rings (SSSR count). The minimum Gasteiger partial charge on any atom is -0.245 e. The minimum atomic E-state index is 1.13. The van der Waals surface area contributed by atoms with E-state index in [2.05, 4.69) is 23.2 Å². The van der Waals surface area contributed by atoms with E-state index in [-0.39, 0.29) is 0 Å². The normalized spacial score (nSPS) is 14.9. The molecule has 1 aromatic carbocycles. The van der Waals surface area contributed by atoms with E-state index in [4.69, 9.17) is 0 Å². The van der Waals surface area contributed by atoms with Gasteiger partial charge in [0.05, 0.1) is 0 Å².